The maximum absolute atomic E-state index is 12.6. The van der Waals surface area contributed by atoms with Crippen molar-refractivity contribution in [1.82, 2.24) is 5.32 Å². The minimum absolute atomic E-state index is 0.253. The fourth-order valence-electron chi connectivity index (χ4n) is 4.02. The Bertz CT molecular complexity index is 1600. The van der Waals surface area contributed by atoms with E-state index < -0.39 is 0 Å². The number of fused-ring (bicyclic) bond motifs is 1. The number of furan rings is 1. The molecule has 4 aromatic carbocycles. The SMILES string of the molecule is Nc1ccccc1NC(=O)c1ccc(OCCCNC(=O)c2cc3ccc(COc4ccccc4)cc3o2)cc1. The predicted octanol–water partition coefficient (Wildman–Crippen LogP) is 6.05. The normalized spacial score (nSPS) is 10.7. The second kappa shape index (κ2) is 12.5. The van der Waals surface area contributed by atoms with Gasteiger partial charge in [-0.3, -0.25) is 9.59 Å². The van der Waals surface area contributed by atoms with Crippen LogP contribution in [0.4, 0.5) is 11.4 Å². The highest BCUT2D eigenvalue weighted by molar-refractivity contribution is 6.05. The van der Waals surface area contributed by atoms with E-state index in [-0.39, 0.29) is 17.6 Å². The summed E-state index contributed by atoms with van der Waals surface area (Å²) in [5.41, 5.74) is 9.02. The minimum Gasteiger partial charge on any atom is -0.494 e. The first kappa shape index (κ1) is 26.4. The molecular weight excluding hydrogens is 506 g/mol. The number of para-hydroxylation sites is 3. The quantitative estimate of drug-likeness (QED) is 0.140. The topological polar surface area (TPSA) is 116 Å². The molecule has 202 valence electrons. The van der Waals surface area contributed by atoms with Crippen LogP contribution in [0, 0.1) is 0 Å². The van der Waals surface area contributed by atoms with Gasteiger partial charge in [0.2, 0.25) is 0 Å². The molecule has 0 bridgehead atoms. The van der Waals surface area contributed by atoms with Crippen molar-refractivity contribution in [2.24, 2.45) is 0 Å². The first-order valence-corrected chi connectivity index (χ1v) is 12.9. The number of rotatable bonds is 11. The lowest BCUT2D eigenvalue weighted by Crippen LogP contribution is -2.25. The number of carbonyl (C=O) groups is 2. The Morgan fingerprint density at radius 3 is 2.33 bits per heavy atom. The van der Waals surface area contributed by atoms with Gasteiger partial charge in [-0.1, -0.05) is 42.5 Å². The van der Waals surface area contributed by atoms with Crippen LogP contribution >= 0.6 is 0 Å². The van der Waals surface area contributed by atoms with Crippen molar-refractivity contribution in [1.29, 1.82) is 0 Å². The fourth-order valence-corrected chi connectivity index (χ4v) is 4.02. The number of benzene rings is 4. The van der Waals surface area contributed by atoms with Gasteiger partial charge in [-0.15, -0.1) is 0 Å². The van der Waals surface area contributed by atoms with Crippen LogP contribution < -0.4 is 25.8 Å². The number of nitrogens with two attached hydrogens (primary N) is 1. The summed E-state index contributed by atoms with van der Waals surface area (Å²) < 4.78 is 17.3. The van der Waals surface area contributed by atoms with Gasteiger partial charge in [0.05, 0.1) is 18.0 Å². The molecule has 0 spiro atoms. The molecule has 8 nitrogen and oxygen atoms in total. The Balaban J connectivity index is 1.05. The molecule has 0 radical (unpaired) electrons. The number of anilines is 2. The zero-order chi connectivity index (χ0) is 27.7. The second-order valence-electron chi connectivity index (χ2n) is 9.11. The van der Waals surface area contributed by atoms with Crippen molar-refractivity contribution in [3.8, 4) is 11.5 Å². The highest BCUT2D eigenvalue weighted by Crippen LogP contribution is 2.22. The summed E-state index contributed by atoms with van der Waals surface area (Å²) in [7, 11) is 0. The third-order valence-corrected chi connectivity index (χ3v) is 6.16. The Morgan fingerprint density at radius 2 is 1.52 bits per heavy atom. The van der Waals surface area contributed by atoms with Gasteiger partial charge in [-0.25, -0.2) is 0 Å². The van der Waals surface area contributed by atoms with E-state index in [1.54, 1.807) is 48.5 Å². The van der Waals surface area contributed by atoms with Crippen LogP contribution in [0.25, 0.3) is 11.0 Å². The molecule has 40 heavy (non-hydrogen) atoms. The molecular formula is C32H29N3O5. The van der Waals surface area contributed by atoms with Crippen molar-refractivity contribution >= 4 is 34.2 Å². The zero-order valence-corrected chi connectivity index (χ0v) is 21.8. The van der Waals surface area contributed by atoms with Gasteiger partial charge < -0.3 is 30.3 Å². The third kappa shape index (κ3) is 6.79. The first-order chi connectivity index (χ1) is 19.5. The van der Waals surface area contributed by atoms with Crippen molar-refractivity contribution in [3.05, 3.63) is 120 Å². The molecule has 0 aliphatic heterocycles. The molecule has 1 aromatic heterocycles. The Labute approximate surface area is 231 Å². The average molecular weight is 536 g/mol. The molecule has 4 N–H and O–H groups in total. The predicted molar refractivity (Wildman–Crippen MR) is 155 cm³/mol. The number of ether oxygens (including phenoxy) is 2. The van der Waals surface area contributed by atoms with Crippen molar-refractivity contribution in [2.45, 2.75) is 13.0 Å². The summed E-state index contributed by atoms with van der Waals surface area (Å²) in [6, 6.07) is 31.0. The molecule has 1 heterocycles. The van der Waals surface area contributed by atoms with Crippen LogP contribution in [-0.4, -0.2) is 25.0 Å². The number of hydrogen-bond acceptors (Lipinski definition) is 6. The second-order valence-corrected chi connectivity index (χ2v) is 9.11. The van der Waals surface area contributed by atoms with E-state index in [0.717, 1.165) is 16.7 Å². The van der Waals surface area contributed by atoms with Crippen LogP contribution in [-0.2, 0) is 6.61 Å². The van der Waals surface area contributed by atoms with Crippen molar-refractivity contribution in [3.63, 3.8) is 0 Å². The highest BCUT2D eigenvalue weighted by Gasteiger charge is 2.13. The molecule has 0 atom stereocenters. The number of carbonyl (C=O) groups excluding carboxylic acids is 2. The monoisotopic (exact) mass is 535 g/mol. The molecule has 5 rings (SSSR count). The maximum atomic E-state index is 12.6. The molecule has 2 amide bonds. The molecule has 0 saturated carbocycles. The van der Waals surface area contributed by atoms with Gasteiger partial charge in [0.15, 0.2) is 5.76 Å². The Kier molecular flexibility index (Phi) is 8.26. The largest absolute Gasteiger partial charge is 0.494 e. The van der Waals surface area contributed by atoms with Crippen LogP contribution in [0.2, 0.25) is 0 Å². The van der Waals surface area contributed by atoms with E-state index in [0.29, 0.717) is 54.5 Å². The molecule has 8 heteroatoms. The standard InChI is InChI=1S/C32H29N3O5/c33-27-9-4-5-10-28(27)35-31(36)23-13-15-26(16-14-23)38-18-6-17-34-32(37)30-20-24-12-11-22(19-29(24)40-30)21-39-25-7-2-1-3-8-25/h1-5,7-16,19-20H,6,17-18,21,33H2,(H,34,37)(H,35,36). The number of hydrogen-bond donors (Lipinski definition) is 3. The molecule has 0 aliphatic rings. The van der Waals surface area contributed by atoms with Crippen LogP contribution in [0.1, 0.15) is 32.9 Å². The van der Waals surface area contributed by atoms with Gasteiger partial charge in [-0.2, -0.15) is 0 Å². The van der Waals surface area contributed by atoms with Gasteiger partial charge in [0, 0.05) is 17.5 Å². The van der Waals surface area contributed by atoms with Crippen LogP contribution in [0.5, 0.6) is 11.5 Å². The third-order valence-electron chi connectivity index (χ3n) is 6.16. The summed E-state index contributed by atoms with van der Waals surface area (Å²) in [6.45, 7) is 1.23. The fraction of sp³-hybridized carbons (Fsp3) is 0.125. The Hall–Kier alpha value is -5.24. The molecule has 0 unspecified atom stereocenters. The van der Waals surface area contributed by atoms with Gasteiger partial charge >= 0.3 is 0 Å². The molecule has 5 aromatic rings. The highest BCUT2D eigenvalue weighted by atomic mass is 16.5. The van der Waals surface area contributed by atoms with E-state index in [1.807, 2.05) is 54.6 Å². The summed E-state index contributed by atoms with van der Waals surface area (Å²) in [4.78, 5) is 25.0. The average Bonchev–Trinajstić information content (AvgIpc) is 3.42. The summed E-state index contributed by atoms with van der Waals surface area (Å²) >= 11 is 0. The van der Waals surface area contributed by atoms with Gasteiger partial charge in [0.25, 0.3) is 11.8 Å². The number of amides is 2. The minimum atomic E-state index is -0.285. The van der Waals surface area contributed by atoms with Gasteiger partial charge in [-0.05, 0) is 72.6 Å². The number of nitrogen functional groups attached to an aromatic ring is 1. The summed E-state index contributed by atoms with van der Waals surface area (Å²) in [5.74, 6) is 1.14. The smallest absolute Gasteiger partial charge is 0.287 e. The van der Waals surface area contributed by atoms with Crippen LogP contribution in [0.15, 0.2) is 108 Å². The summed E-state index contributed by atoms with van der Waals surface area (Å²) in [5, 5.41) is 6.50. The van der Waals surface area contributed by atoms with Crippen molar-refractivity contribution in [2.75, 3.05) is 24.2 Å². The molecule has 0 saturated heterocycles. The van der Waals surface area contributed by atoms with E-state index >= 15 is 0 Å². The molecule has 0 aliphatic carbocycles. The summed E-state index contributed by atoms with van der Waals surface area (Å²) in [6.07, 6.45) is 0.600. The van der Waals surface area contributed by atoms with E-state index in [2.05, 4.69) is 10.6 Å². The van der Waals surface area contributed by atoms with E-state index in [9.17, 15) is 9.59 Å². The molecule has 0 fully saturated rings. The van der Waals surface area contributed by atoms with Crippen LogP contribution in [0.3, 0.4) is 0 Å². The zero-order valence-electron chi connectivity index (χ0n) is 21.8. The lowest BCUT2D eigenvalue weighted by Gasteiger charge is -2.09. The first-order valence-electron chi connectivity index (χ1n) is 12.9. The Morgan fingerprint density at radius 1 is 0.775 bits per heavy atom. The van der Waals surface area contributed by atoms with Gasteiger partial charge in [0.1, 0.15) is 23.7 Å². The van der Waals surface area contributed by atoms with E-state index in [1.165, 1.54) is 0 Å². The number of nitrogens with one attached hydrogen (secondary N) is 2. The van der Waals surface area contributed by atoms with E-state index in [4.69, 9.17) is 19.6 Å². The van der Waals surface area contributed by atoms with Crippen molar-refractivity contribution < 1.29 is 23.5 Å². The lowest BCUT2D eigenvalue weighted by molar-refractivity contribution is 0.0925. The maximum Gasteiger partial charge on any atom is 0.287 e. The lowest BCUT2D eigenvalue weighted by atomic mass is 10.2.